The van der Waals surface area contributed by atoms with Crippen molar-refractivity contribution in [1.82, 2.24) is 4.57 Å². The number of aromatic nitrogens is 1. The molecule has 0 saturated heterocycles. The molecule has 0 saturated carbocycles. The van der Waals surface area contributed by atoms with Crippen LogP contribution in [0.15, 0.2) is 169 Å². The first-order valence-electron chi connectivity index (χ1n) is 15.8. The second-order valence-corrected chi connectivity index (χ2v) is 12.3. The Morgan fingerprint density at radius 3 is 2.04 bits per heavy atom. The molecule has 0 radical (unpaired) electrons. The molecule has 2 heterocycles. The van der Waals surface area contributed by atoms with E-state index in [1.165, 1.54) is 72.3 Å². The van der Waals surface area contributed by atoms with E-state index in [1.807, 2.05) is 0 Å². The molecule has 2 unspecified atom stereocenters. The van der Waals surface area contributed by atoms with Crippen LogP contribution in [-0.2, 0) is 0 Å². The van der Waals surface area contributed by atoms with Gasteiger partial charge in [-0.3, -0.25) is 0 Å². The second-order valence-electron chi connectivity index (χ2n) is 12.3. The molecule has 214 valence electrons. The van der Waals surface area contributed by atoms with Crippen molar-refractivity contribution in [2.75, 3.05) is 4.90 Å². The number of anilines is 2. The third-order valence-corrected chi connectivity index (χ3v) is 9.56. The molecule has 2 aliphatic rings. The van der Waals surface area contributed by atoms with Gasteiger partial charge in [-0.1, -0.05) is 115 Å². The van der Waals surface area contributed by atoms with E-state index < -0.39 is 0 Å². The highest BCUT2D eigenvalue weighted by molar-refractivity contribution is 6.10. The molecule has 0 spiro atoms. The molecule has 9 rings (SSSR count). The first-order valence-corrected chi connectivity index (χ1v) is 15.8. The number of benzene rings is 6. The van der Waals surface area contributed by atoms with Crippen LogP contribution < -0.4 is 4.90 Å². The summed E-state index contributed by atoms with van der Waals surface area (Å²) in [6, 6.07) is 53.4. The molecule has 0 amide bonds. The quantitative estimate of drug-likeness (QED) is 0.202. The monoisotopic (exact) mass is 576 g/mol. The minimum absolute atomic E-state index is 0.248. The van der Waals surface area contributed by atoms with Crippen molar-refractivity contribution >= 4 is 33.2 Å². The van der Waals surface area contributed by atoms with Crippen LogP contribution in [0.2, 0.25) is 0 Å². The molecule has 0 fully saturated rings. The van der Waals surface area contributed by atoms with Crippen LogP contribution in [0.1, 0.15) is 18.4 Å². The maximum Gasteiger partial charge on any atom is 0.0632 e. The fourth-order valence-electron chi connectivity index (χ4n) is 7.49. The van der Waals surface area contributed by atoms with Gasteiger partial charge < -0.3 is 9.47 Å². The van der Waals surface area contributed by atoms with Crippen LogP contribution in [0.4, 0.5) is 11.4 Å². The number of nitrogens with zero attached hydrogens (tertiary/aromatic N) is 2. The lowest BCUT2D eigenvalue weighted by Crippen LogP contribution is -2.29. The zero-order valence-corrected chi connectivity index (χ0v) is 25.1. The fourth-order valence-corrected chi connectivity index (χ4v) is 7.49. The maximum absolute atomic E-state index is 2.54. The predicted octanol–water partition coefficient (Wildman–Crippen LogP) is 11.2. The lowest BCUT2D eigenvalue weighted by atomic mass is 9.88. The summed E-state index contributed by atoms with van der Waals surface area (Å²) in [6.45, 7) is 2.21. The number of allylic oxidation sites excluding steroid dienone is 2. The molecule has 1 aliphatic carbocycles. The van der Waals surface area contributed by atoms with Gasteiger partial charge in [-0.2, -0.15) is 0 Å². The van der Waals surface area contributed by atoms with Crippen molar-refractivity contribution in [2.24, 2.45) is 0 Å². The van der Waals surface area contributed by atoms with Crippen molar-refractivity contribution in [1.29, 1.82) is 0 Å². The first-order chi connectivity index (χ1) is 22.2. The molecule has 45 heavy (non-hydrogen) atoms. The highest BCUT2D eigenvalue weighted by Crippen LogP contribution is 2.50. The van der Waals surface area contributed by atoms with Gasteiger partial charge in [0.1, 0.15) is 0 Å². The Morgan fingerprint density at radius 1 is 0.511 bits per heavy atom. The Kier molecular flexibility index (Phi) is 5.89. The van der Waals surface area contributed by atoms with Crippen LogP contribution in [0.3, 0.4) is 0 Å². The molecular formula is C43H32N2. The van der Waals surface area contributed by atoms with Crippen molar-refractivity contribution < 1.29 is 0 Å². The van der Waals surface area contributed by atoms with Gasteiger partial charge in [0.15, 0.2) is 0 Å². The molecular weight excluding hydrogens is 544 g/mol. The van der Waals surface area contributed by atoms with Crippen LogP contribution in [0.5, 0.6) is 0 Å². The average Bonchev–Trinajstić information content (AvgIpc) is 3.60. The van der Waals surface area contributed by atoms with Crippen molar-refractivity contribution in [2.45, 2.75) is 18.9 Å². The minimum atomic E-state index is 0.248. The molecule has 7 aromatic rings. The van der Waals surface area contributed by atoms with Crippen LogP contribution in [0.25, 0.3) is 49.7 Å². The SMILES string of the molecule is CC1=CC2C(C=C1)c1cc(-c3ccc4c(c3)c3ccccc3n4-c3ccccc3)ccc1N2c1cccc(-c2ccccc2)c1. The summed E-state index contributed by atoms with van der Waals surface area (Å²) in [4.78, 5) is 2.54. The number of para-hydroxylation sites is 2. The third-order valence-electron chi connectivity index (χ3n) is 9.56. The van der Waals surface area contributed by atoms with Gasteiger partial charge in [-0.05, 0) is 89.3 Å². The van der Waals surface area contributed by atoms with E-state index >= 15 is 0 Å². The summed E-state index contributed by atoms with van der Waals surface area (Å²) < 4.78 is 2.38. The van der Waals surface area contributed by atoms with Gasteiger partial charge in [0.05, 0.1) is 17.1 Å². The summed E-state index contributed by atoms with van der Waals surface area (Å²) in [5.41, 5.74) is 13.8. The normalized spacial score (nSPS) is 17.0. The summed E-state index contributed by atoms with van der Waals surface area (Å²) in [5.74, 6) is 0.299. The van der Waals surface area contributed by atoms with E-state index in [0.29, 0.717) is 5.92 Å². The first kappa shape index (κ1) is 25.9. The van der Waals surface area contributed by atoms with Gasteiger partial charge in [-0.25, -0.2) is 0 Å². The van der Waals surface area contributed by atoms with Gasteiger partial charge >= 0.3 is 0 Å². The Morgan fingerprint density at radius 2 is 1.18 bits per heavy atom. The van der Waals surface area contributed by atoms with Crippen LogP contribution >= 0.6 is 0 Å². The largest absolute Gasteiger partial charge is 0.333 e. The van der Waals surface area contributed by atoms with E-state index in [1.54, 1.807) is 0 Å². The summed E-state index contributed by atoms with van der Waals surface area (Å²) in [7, 11) is 0. The van der Waals surface area contributed by atoms with E-state index in [9.17, 15) is 0 Å². The lowest BCUT2D eigenvalue weighted by molar-refractivity contribution is 0.738. The summed E-state index contributed by atoms with van der Waals surface area (Å²) in [6.07, 6.45) is 7.12. The summed E-state index contributed by atoms with van der Waals surface area (Å²) >= 11 is 0. The standard InChI is InChI=1S/C43H32N2/c1-29-19-22-37-39-28-33(21-24-42(39)45(43(37)25-29)35-16-10-13-31(26-35)30-11-4-2-5-12-30)32-20-23-41-38(27-32)36-17-8-9-18-40(36)44(41)34-14-6-3-7-15-34/h2-28,37,43H,1H3. The molecule has 2 atom stereocenters. The Balaban J connectivity index is 1.17. The highest BCUT2D eigenvalue weighted by Gasteiger charge is 2.38. The number of fused-ring (bicyclic) bond motifs is 6. The minimum Gasteiger partial charge on any atom is -0.333 e. The number of rotatable bonds is 4. The Bertz CT molecular complexity index is 2290. The highest BCUT2D eigenvalue weighted by atomic mass is 15.2. The molecule has 0 bridgehead atoms. The van der Waals surface area contributed by atoms with Gasteiger partial charge in [0.25, 0.3) is 0 Å². The molecule has 0 N–H and O–H groups in total. The zero-order valence-electron chi connectivity index (χ0n) is 25.1. The molecule has 1 aromatic heterocycles. The molecule has 1 aliphatic heterocycles. The van der Waals surface area contributed by atoms with E-state index in [4.69, 9.17) is 0 Å². The van der Waals surface area contributed by atoms with Gasteiger partial charge in [-0.15, -0.1) is 0 Å². The van der Waals surface area contributed by atoms with Gasteiger partial charge in [0.2, 0.25) is 0 Å². The zero-order chi connectivity index (χ0) is 29.9. The second kappa shape index (κ2) is 10.2. The molecule has 6 aromatic carbocycles. The molecule has 2 heteroatoms. The summed E-state index contributed by atoms with van der Waals surface area (Å²) in [5, 5.41) is 2.56. The van der Waals surface area contributed by atoms with Crippen molar-refractivity contribution in [3.8, 4) is 27.9 Å². The topological polar surface area (TPSA) is 8.17 Å². The number of hydrogen-bond acceptors (Lipinski definition) is 1. The maximum atomic E-state index is 2.54. The lowest BCUT2D eigenvalue weighted by Gasteiger charge is -2.30. The van der Waals surface area contributed by atoms with Crippen LogP contribution in [-0.4, -0.2) is 10.6 Å². The van der Waals surface area contributed by atoms with Crippen molar-refractivity contribution in [3.05, 3.63) is 175 Å². The Hall–Kier alpha value is -5.60. The fraction of sp³-hybridized carbons (Fsp3) is 0.0698. The number of hydrogen-bond donors (Lipinski definition) is 0. The predicted molar refractivity (Wildman–Crippen MR) is 190 cm³/mol. The Labute approximate surface area is 263 Å². The third kappa shape index (κ3) is 4.17. The smallest absolute Gasteiger partial charge is 0.0632 e. The van der Waals surface area contributed by atoms with E-state index in [-0.39, 0.29) is 6.04 Å². The van der Waals surface area contributed by atoms with Crippen LogP contribution in [0, 0.1) is 0 Å². The van der Waals surface area contributed by atoms with Crippen molar-refractivity contribution in [3.63, 3.8) is 0 Å². The molecule has 2 nitrogen and oxygen atoms in total. The van der Waals surface area contributed by atoms with Gasteiger partial charge in [0, 0.05) is 33.8 Å². The van der Waals surface area contributed by atoms with E-state index in [2.05, 4.69) is 180 Å². The average molecular weight is 577 g/mol. The van der Waals surface area contributed by atoms with E-state index in [0.717, 1.165) is 0 Å².